The van der Waals surface area contributed by atoms with Gasteiger partial charge in [0, 0.05) is 5.69 Å². The van der Waals surface area contributed by atoms with Crippen molar-refractivity contribution in [3.63, 3.8) is 0 Å². The second kappa shape index (κ2) is 8.00. The SMILES string of the molecule is CCc1ccccc1Nc1nnc(Sc2cnn(C(C)(C)C)c(=O)c2Cl)s1. The van der Waals surface area contributed by atoms with E-state index in [2.05, 4.69) is 33.6 Å². The van der Waals surface area contributed by atoms with Crippen LogP contribution in [0.3, 0.4) is 0 Å². The van der Waals surface area contributed by atoms with Gasteiger partial charge >= 0.3 is 0 Å². The lowest BCUT2D eigenvalue weighted by Crippen LogP contribution is -2.36. The molecule has 27 heavy (non-hydrogen) atoms. The first-order chi connectivity index (χ1) is 12.8. The highest BCUT2D eigenvalue weighted by molar-refractivity contribution is 8.01. The van der Waals surface area contributed by atoms with Crippen molar-refractivity contribution in [3.8, 4) is 0 Å². The minimum Gasteiger partial charge on any atom is -0.330 e. The summed E-state index contributed by atoms with van der Waals surface area (Å²) in [6.07, 6.45) is 2.52. The van der Waals surface area contributed by atoms with E-state index >= 15 is 0 Å². The van der Waals surface area contributed by atoms with Crippen molar-refractivity contribution in [3.05, 3.63) is 51.4 Å². The van der Waals surface area contributed by atoms with E-state index in [1.54, 1.807) is 6.20 Å². The average molecular weight is 422 g/mol. The monoisotopic (exact) mass is 421 g/mol. The zero-order valence-electron chi connectivity index (χ0n) is 15.5. The van der Waals surface area contributed by atoms with Crippen LogP contribution >= 0.6 is 34.7 Å². The molecule has 0 aliphatic rings. The molecule has 0 amide bonds. The fourth-order valence-corrected chi connectivity index (χ4v) is 4.38. The first-order valence-electron chi connectivity index (χ1n) is 8.44. The molecule has 1 aromatic carbocycles. The first-order valence-corrected chi connectivity index (χ1v) is 10.4. The minimum absolute atomic E-state index is 0.144. The molecular formula is C18H20ClN5OS2. The molecule has 0 unspecified atom stereocenters. The molecule has 142 valence electrons. The quantitative estimate of drug-likeness (QED) is 0.627. The van der Waals surface area contributed by atoms with Gasteiger partial charge in [0.05, 0.1) is 16.6 Å². The Morgan fingerprint density at radius 2 is 2.00 bits per heavy atom. The Morgan fingerprint density at radius 1 is 1.26 bits per heavy atom. The van der Waals surface area contributed by atoms with Crippen molar-refractivity contribution >= 4 is 45.5 Å². The minimum atomic E-state index is -0.434. The summed E-state index contributed by atoms with van der Waals surface area (Å²) in [5.41, 5.74) is 1.48. The molecule has 2 heterocycles. The fourth-order valence-electron chi connectivity index (χ4n) is 2.43. The second-order valence-electron chi connectivity index (χ2n) is 6.82. The summed E-state index contributed by atoms with van der Waals surface area (Å²) in [4.78, 5) is 13.0. The predicted octanol–water partition coefficient (Wildman–Crippen LogP) is 4.96. The van der Waals surface area contributed by atoms with Gasteiger partial charge in [0.1, 0.15) is 5.02 Å². The Labute approximate surface area is 171 Å². The number of benzene rings is 1. The zero-order valence-corrected chi connectivity index (χ0v) is 17.9. The van der Waals surface area contributed by atoms with Crippen LogP contribution in [0.2, 0.25) is 5.02 Å². The van der Waals surface area contributed by atoms with Crippen molar-refractivity contribution in [2.45, 2.75) is 48.9 Å². The van der Waals surface area contributed by atoms with E-state index in [4.69, 9.17) is 11.6 Å². The van der Waals surface area contributed by atoms with Gasteiger partial charge in [0.25, 0.3) is 5.56 Å². The lowest BCUT2D eigenvalue weighted by molar-refractivity contribution is 0.336. The number of hydrogen-bond acceptors (Lipinski definition) is 7. The Hall–Kier alpha value is -1.90. The van der Waals surface area contributed by atoms with Gasteiger partial charge in [-0.3, -0.25) is 4.79 Å². The molecule has 1 N–H and O–H groups in total. The summed E-state index contributed by atoms with van der Waals surface area (Å²) < 4.78 is 2.07. The third kappa shape index (κ3) is 4.51. The number of aromatic nitrogens is 4. The topological polar surface area (TPSA) is 72.7 Å². The molecule has 0 bridgehead atoms. The molecule has 0 fully saturated rings. The number of rotatable bonds is 5. The van der Waals surface area contributed by atoms with E-state index in [0.29, 0.717) is 14.4 Å². The lowest BCUT2D eigenvalue weighted by Gasteiger charge is -2.20. The highest BCUT2D eigenvalue weighted by Gasteiger charge is 2.20. The Morgan fingerprint density at radius 3 is 2.70 bits per heavy atom. The summed E-state index contributed by atoms with van der Waals surface area (Å²) in [6, 6.07) is 8.09. The van der Waals surface area contributed by atoms with Crippen LogP contribution in [-0.4, -0.2) is 20.0 Å². The van der Waals surface area contributed by atoms with E-state index in [9.17, 15) is 4.79 Å². The van der Waals surface area contributed by atoms with Crippen LogP contribution in [-0.2, 0) is 12.0 Å². The maximum Gasteiger partial charge on any atom is 0.287 e. The van der Waals surface area contributed by atoms with Crippen molar-refractivity contribution in [1.29, 1.82) is 0 Å². The predicted molar refractivity (Wildman–Crippen MR) is 112 cm³/mol. The first kappa shape index (κ1) is 19.9. The average Bonchev–Trinajstić information content (AvgIpc) is 3.05. The third-order valence-electron chi connectivity index (χ3n) is 3.77. The van der Waals surface area contributed by atoms with Crippen LogP contribution in [0.4, 0.5) is 10.8 Å². The zero-order chi connectivity index (χ0) is 19.6. The highest BCUT2D eigenvalue weighted by atomic mass is 35.5. The molecule has 0 aliphatic carbocycles. The van der Waals surface area contributed by atoms with Gasteiger partial charge in [0.15, 0.2) is 4.34 Å². The van der Waals surface area contributed by atoms with Gasteiger partial charge < -0.3 is 5.32 Å². The molecule has 9 heteroatoms. The van der Waals surface area contributed by atoms with Crippen LogP contribution in [0, 0.1) is 0 Å². The molecule has 2 aromatic heterocycles. The molecule has 0 saturated heterocycles. The molecule has 6 nitrogen and oxygen atoms in total. The molecule has 0 radical (unpaired) electrons. The fraction of sp³-hybridized carbons (Fsp3) is 0.333. The maximum atomic E-state index is 12.5. The van der Waals surface area contributed by atoms with Crippen LogP contribution < -0.4 is 10.9 Å². The van der Waals surface area contributed by atoms with Crippen molar-refractivity contribution in [1.82, 2.24) is 20.0 Å². The Kier molecular flexibility index (Phi) is 5.88. The van der Waals surface area contributed by atoms with Gasteiger partial charge in [0.2, 0.25) is 5.13 Å². The van der Waals surface area contributed by atoms with Crippen molar-refractivity contribution < 1.29 is 0 Å². The van der Waals surface area contributed by atoms with Crippen LogP contribution in [0.25, 0.3) is 0 Å². The van der Waals surface area contributed by atoms with E-state index in [1.165, 1.54) is 33.3 Å². The second-order valence-corrected chi connectivity index (χ2v) is 9.47. The van der Waals surface area contributed by atoms with Gasteiger partial charge in [-0.1, -0.05) is 59.8 Å². The third-order valence-corrected chi connectivity index (χ3v) is 6.16. The lowest BCUT2D eigenvalue weighted by atomic mass is 10.1. The van der Waals surface area contributed by atoms with Gasteiger partial charge in [-0.2, -0.15) is 5.10 Å². The van der Waals surface area contributed by atoms with Gasteiger partial charge in [-0.15, -0.1) is 10.2 Å². The van der Waals surface area contributed by atoms with Gasteiger partial charge in [-0.25, -0.2) is 4.68 Å². The Bertz CT molecular complexity index is 1010. The number of nitrogens with one attached hydrogen (secondary N) is 1. The number of para-hydroxylation sites is 1. The standard InChI is InChI=1S/C18H20ClN5OS2/c1-5-11-8-6-7-9-12(11)21-16-22-23-17(27-16)26-13-10-20-24(18(2,3)4)15(25)14(13)19/h6-10H,5H2,1-4H3,(H,21,22). The maximum absolute atomic E-state index is 12.5. The van der Waals surface area contributed by atoms with Crippen LogP contribution in [0.15, 0.2) is 44.5 Å². The Balaban J connectivity index is 1.80. The summed E-state index contributed by atoms with van der Waals surface area (Å²) in [5, 5.41) is 16.7. The highest BCUT2D eigenvalue weighted by Crippen LogP contribution is 2.35. The largest absolute Gasteiger partial charge is 0.330 e. The molecule has 0 aliphatic heterocycles. The number of nitrogens with zero attached hydrogens (tertiary/aromatic N) is 4. The number of anilines is 2. The smallest absolute Gasteiger partial charge is 0.287 e. The van der Waals surface area contributed by atoms with E-state index in [1.807, 2.05) is 39.0 Å². The molecule has 3 aromatic rings. The summed E-state index contributed by atoms with van der Waals surface area (Å²) >= 11 is 8.96. The molecule has 0 saturated carbocycles. The number of aryl methyl sites for hydroxylation is 1. The van der Waals surface area contributed by atoms with E-state index in [-0.39, 0.29) is 10.6 Å². The van der Waals surface area contributed by atoms with Crippen LogP contribution in [0.1, 0.15) is 33.3 Å². The molecular weight excluding hydrogens is 402 g/mol. The van der Waals surface area contributed by atoms with Crippen molar-refractivity contribution in [2.75, 3.05) is 5.32 Å². The normalized spacial score (nSPS) is 11.6. The van der Waals surface area contributed by atoms with Crippen LogP contribution in [0.5, 0.6) is 0 Å². The molecule has 0 atom stereocenters. The van der Waals surface area contributed by atoms with E-state index < -0.39 is 5.54 Å². The number of halogens is 1. The van der Waals surface area contributed by atoms with Gasteiger partial charge in [-0.05, 0) is 38.8 Å². The molecule has 0 spiro atoms. The summed E-state index contributed by atoms with van der Waals surface area (Å²) in [5.74, 6) is 0. The summed E-state index contributed by atoms with van der Waals surface area (Å²) in [6.45, 7) is 7.82. The molecule has 3 rings (SSSR count). The number of hydrogen-bond donors (Lipinski definition) is 1. The summed E-state index contributed by atoms with van der Waals surface area (Å²) in [7, 11) is 0. The van der Waals surface area contributed by atoms with E-state index in [0.717, 1.165) is 12.1 Å². The van der Waals surface area contributed by atoms with Crippen molar-refractivity contribution in [2.24, 2.45) is 0 Å².